The van der Waals surface area contributed by atoms with E-state index < -0.39 is 0 Å². The molecule has 0 aromatic rings. The van der Waals surface area contributed by atoms with Crippen LogP contribution in [0, 0.1) is 0 Å². The molecule has 0 saturated carbocycles. The van der Waals surface area contributed by atoms with Crippen LogP contribution in [0.2, 0.25) is 0 Å². The molecule has 0 radical (unpaired) electrons. The van der Waals surface area contributed by atoms with Gasteiger partial charge in [0.2, 0.25) is 0 Å². The first-order valence-corrected chi connectivity index (χ1v) is 3.81. The molecule has 0 aromatic heterocycles. The topological polar surface area (TPSA) is 44.5 Å². The van der Waals surface area contributed by atoms with Gasteiger partial charge in [0.05, 0.1) is 13.2 Å². The van der Waals surface area contributed by atoms with Crippen LogP contribution in [-0.4, -0.2) is 25.5 Å². The smallest absolute Gasteiger partial charge is 0.169 e. The highest BCUT2D eigenvalue weighted by Crippen LogP contribution is 2.25. The largest absolute Gasteiger partial charge is 0.347 e. The van der Waals surface area contributed by atoms with E-state index in [1.165, 1.54) is 0 Å². The molecule has 0 amide bonds. The summed E-state index contributed by atoms with van der Waals surface area (Å²) >= 11 is 0. The minimum atomic E-state index is -0.339. The van der Waals surface area contributed by atoms with Crippen molar-refractivity contribution in [1.82, 2.24) is 0 Å². The summed E-state index contributed by atoms with van der Waals surface area (Å²) in [4.78, 5) is 0. The van der Waals surface area contributed by atoms with Gasteiger partial charge in [0, 0.05) is 6.42 Å². The molecular weight excluding hydrogens is 130 g/mol. The molecule has 0 atom stereocenters. The van der Waals surface area contributed by atoms with E-state index in [9.17, 15) is 0 Å². The average molecular weight is 145 g/mol. The Morgan fingerprint density at radius 1 is 1.40 bits per heavy atom. The molecule has 1 fully saturated rings. The van der Waals surface area contributed by atoms with Crippen LogP contribution in [0.15, 0.2) is 0 Å². The third-order valence-corrected chi connectivity index (χ3v) is 1.88. The molecule has 60 valence electrons. The van der Waals surface area contributed by atoms with Gasteiger partial charge in [-0.15, -0.1) is 0 Å². The zero-order chi connectivity index (χ0) is 7.45. The van der Waals surface area contributed by atoms with Crippen LogP contribution in [-0.2, 0) is 9.47 Å². The van der Waals surface area contributed by atoms with Gasteiger partial charge in [-0.1, -0.05) is 6.92 Å². The van der Waals surface area contributed by atoms with Gasteiger partial charge in [-0.3, -0.25) is 0 Å². The van der Waals surface area contributed by atoms with Crippen LogP contribution in [0.5, 0.6) is 0 Å². The van der Waals surface area contributed by atoms with Crippen molar-refractivity contribution < 1.29 is 9.47 Å². The Labute approximate surface area is 61.5 Å². The summed E-state index contributed by atoms with van der Waals surface area (Å²) in [7, 11) is 0. The van der Waals surface area contributed by atoms with Crippen LogP contribution in [0.25, 0.3) is 0 Å². The van der Waals surface area contributed by atoms with Crippen molar-refractivity contribution in [3.8, 4) is 0 Å². The van der Waals surface area contributed by atoms with Crippen molar-refractivity contribution in [1.29, 1.82) is 0 Å². The Bertz CT molecular complexity index is 99.8. The molecule has 2 N–H and O–H groups in total. The Kier molecular flexibility index (Phi) is 2.65. The lowest BCUT2D eigenvalue weighted by molar-refractivity contribution is -0.161. The van der Waals surface area contributed by atoms with Crippen molar-refractivity contribution in [2.75, 3.05) is 19.8 Å². The zero-order valence-electron chi connectivity index (χ0n) is 6.43. The maximum Gasteiger partial charge on any atom is 0.169 e. The van der Waals surface area contributed by atoms with Gasteiger partial charge in [0.25, 0.3) is 0 Å². The maximum absolute atomic E-state index is 5.43. The lowest BCUT2D eigenvalue weighted by atomic mass is 10.1. The van der Waals surface area contributed by atoms with Crippen molar-refractivity contribution in [3.63, 3.8) is 0 Å². The number of nitrogens with two attached hydrogens (primary N) is 1. The SMILES string of the molecule is CCC1(CCN)OCCO1. The average Bonchev–Trinajstić information content (AvgIpc) is 2.39. The first kappa shape index (κ1) is 7.98. The van der Waals surface area contributed by atoms with Crippen LogP contribution >= 0.6 is 0 Å². The maximum atomic E-state index is 5.43. The van der Waals surface area contributed by atoms with Crippen LogP contribution in [0.1, 0.15) is 19.8 Å². The Hall–Kier alpha value is -0.120. The van der Waals surface area contributed by atoms with Crippen LogP contribution < -0.4 is 5.73 Å². The summed E-state index contributed by atoms with van der Waals surface area (Å²) in [6.07, 6.45) is 1.70. The zero-order valence-corrected chi connectivity index (χ0v) is 6.43. The van der Waals surface area contributed by atoms with Gasteiger partial charge in [-0.25, -0.2) is 0 Å². The molecule has 0 unspecified atom stereocenters. The Balaban J connectivity index is 2.41. The summed E-state index contributed by atoms with van der Waals surface area (Å²) in [5, 5.41) is 0. The second kappa shape index (κ2) is 3.32. The molecule has 3 heteroatoms. The summed E-state index contributed by atoms with van der Waals surface area (Å²) in [5.41, 5.74) is 5.41. The summed E-state index contributed by atoms with van der Waals surface area (Å²) < 4.78 is 10.9. The van der Waals surface area contributed by atoms with E-state index in [2.05, 4.69) is 6.92 Å². The molecular formula is C7H15NO2. The highest BCUT2D eigenvalue weighted by Gasteiger charge is 2.33. The van der Waals surface area contributed by atoms with E-state index in [0.717, 1.165) is 12.8 Å². The van der Waals surface area contributed by atoms with E-state index in [1.807, 2.05) is 0 Å². The molecule has 3 nitrogen and oxygen atoms in total. The van der Waals surface area contributed by atoms with Gasteiger partial charge < -0.3 is 15.2 Å². The van der Waals surface area contributed by atoms with Crippen LogP contribution in [0.4, 0.5) is 0 Å². The fraction of sp³-hybridized carbons (Fsp3) is 1.00. The second-order valence-corrected chi connectivity index (χ2v) is 2.50. The summed E-state index contributed by atoms with van der Waals surface area (Å²) in [6.45, 7) is 4.12. The van der Waals surface area contributed by atoms with E-state index >= 15 is 0 Å². The van der Waals surface area contributed by atoms with Crippen molar-refractivity contribution in [2.24, 2.45) is 5.73 Å². The van der Waals surface area contributed by atoms with Gasteiger partial charge in [-0.2, -0.15) is 0 Å². The normalized spacial score (nSPS) is 23.4. The summed E-state index contributed by atoms with van der Waals surface area (Å²) in [6, 6.07) is 0. The minimum Gasteiger partial charge on any atom is -0.347 e. The summed E-state index contributed by atoms with van der Waals surface area (Å²) in [5.74, 6) is -0.339. The fourth-order valence-electron chi connectivity index (χ4n) is 1.24. The molecule has 1 saturated heterocycles. The van der Waals surface area contributed by atoms with E-state index in [4.69, 9.17) is 15.2 Å². The third kappa shape index (κ3) is 1.48. The quantitative estimate of drug-likeness (QED) is 0.628. The van der Waals surface area contributed by atoms with Gasteiger partial charge >= 0.3 is 0 Å². The molecule has 1 aliphatic heterocycles. The number of hydrogen-bond donors (Lipinski definition) is 1. The van der Waals surface area contributed by atoms with Crippen molar-refractivity contribution >= 4 is 0 Å². The molecule has 0 aliphatic carbocycles. The molecule has 1 heterocycles. The van der Waals surface area contributed by atoms with E-state index in [-0.39, 0.29) is 5.79 Å². The lowest BCUT2D eigenvalue weighted by Crippen LogP contribution is -2.31. The number of hydrogen-bond acceptors (Lipinski definition) is 3. The lowest BCUT2D eigenvalue weighted by Gasteiger charge is -2.24. The van der Waals surface area contributed by atoms with Crippen molar-refractivity contribution in [3.05, 3.63) is 0 Å². The predicted octanol–water partition coefficient (Wildman–Crippen LogP) is 0.488. The standard InChI is InChI=1S/C7H15NO2/c1-2-7(3-4-8)9-5-6-10-7/h2-6,8H2,1H3. The molecule has 10 heavy (non-hydrogen) atoms. The molecule has 0 bridgehead atoms. The van der Waals surface area contributed by atoms with Gasteiger partial charge in [-0.05, 0) is 13.0 Å². The van der Waals surface area contributed by atoms with Gasteiger partial charge in [0.15, 0.2) is 5.79 Å². The first-order valence-electron chi connectivity index (χ1n) is 3.81. The highest BCUT2D eigenvalue weighted by atomic mass is 16.7. The van der Waals surface area contributed by atoms with Gasteiger partial charge in [0.1, 0.15) is 0 Å². The molecule has 0 spiro atoms. The fourth-order valence-corrected chi connectivity index (χ4v) is 1.24. The Morgan fingerprint density at radius 3 is 2.40 bits per heavy atom. The number of ether oxygens (including phenoxy) is 2. The number of rotatable bonds is 3. The first-order chi connectivity index (χ1) is 4.83. The highest BCUT2D eigenvalue weighted by molar-refractivity contribution is 4.72. The van der Waals surface area contributed by atoms with Crippen LogP contribution in [0.3, 0.4) is 0 Å². The molecule has 1 rings (SSSR count). The predicted molar refractivity (Wildman–Crippen MR) is 38.6 cm³/mol. The second-order valence-electron chi connectivity index (χ2n) is 2.50. The third-order valence-electron chi connectivity index (χ3n) is 1.88. The monoisotopic (exact) mass is 145 g/mol. The van der Waals surface area contributed by atoms with E-state index in [0.29, 0.717) is 19.8 Å². The van der Waals surface area contributed by atoms with Crippen molar-refractivity contribution in [2.45, 2.75) is 25.6 Å². The molecule has 0 aromatic carbocycles. The van der Waals surface area contributed by atoms with E-state index in [1.54, 1.807) is 0 Å². The Morgan fingerprint density at radius 2 is 2.00 bits per heavy atom. The minimum absolute atomic E-state index is 0.339. The molecule has 1 aliphatic rings.